The van der Waals surface area contributed by atoms with Crippen molar-refractivity contribution in [1.29, 1.82) is 0 Å². The van der Waals surface area contributed by atoms with Gasteiger partial charge in [-0.3, -0.25) is 4.79 Å². The number of hydrogen-bond donors (Lipinski definition) is 3. The largest absolute Gasteiger partial charge is 0.480 e. The Morgan fingerprint density at radius 2 is 1.65 bits per heavy atom. The number of carbonyl (C=O) groups excluding carboxylic acids is 1. The Bertz CT molecular complexity index is 575. The predicted octanol–water partition coefficient (Wildman–Crippen LogP) is 2.08. The Kier molecular flexibility index (Phi) is 5.73. The molecule has 6 nitrogen and oxygen atoms in total. The van der Waals surface area contributed by atoms with Crippen molar-refractivity contribution in [3.8, 4) is 0 Å². The fraction of sp³-hybridized carbons (Fsp3) is 0.471. The Hall–Kier alpha value is -2.37. The molecular weight excluding hydrogens is 298 g/mol. The second kappa shape index (κ2) is 7.76. The maximum absolute atomic E-state index is 12.2. The molecule has 1 saturated carbocycles. The number of aliphatic carboxylic acids is 1. The van der Waals surface area contributed by atoms with Gasteiger partial charge in [-0.15, -0.1) is 0 Å². The molecule has 6 heteroatoms. The van der Waals surface area contributed by atoms with Crippen LogP contribution < -0.4 is 5.32 Å². The number of amides is 1. The summed E-state index contributed by atoms with van der Waals surface area (Å²) in [6, 6.07) is 5.01. The Morgan fingerprint density at radius 3 is 2.17 bits per heavy atom. The van der Waals surface area contributed by atoms with Crippen molar-refractivity contribution < 1.29 is 24.6 Å². The highest BCUT2D eigenvalue weighted by molar-refractivity contribution is 5.87. The van der Waals surface area contributed by atoms with Crippen molar-refractivity contribution in [2.75, 3.05) is 0 Å². The van der Waals surface area contributed by atoms with Crippen LogP contribution in [0, 0.1) is 5.92 Å². The van der Waals surface area contributed by atoms with E-state index in [4.69, 9.17) is 5.11 Å². The van der Waals surface area contributed by atoms with Crippen LogP contribution in [0.15, 0.2) is 24.3 Å². The third-order valence-electron chi connectivity index (χ3n) is 4.23. The predicted molar refractivity (Wildman–Crippen MR) is 83.2 cm³/mol. The van der Waals surface area contributed by atoms with Gasteiger partial charge in [-0.1, -0.05) is 31.4 Å². The highest BCUT2D eigenvalue weighted by Crippen LogP contribution is 2.23. The Balaban J connectivity index is 1.99. The number of carboxylic acid groups (broad SMARTS) is 2. The summed E-state index contributed by atoms with van der Waals surface area (Å²) in [5.41, 5.74) is 0.818. The molecule has 23 heavy (non-hydrogen) atoms. The zero-order valence-corrected chi connectivity index (χ0v) is 12.8. The molecule has 0 aliphatic heterocycles. The molecule has 0 unspecified atom stereocenters. The summed E-state index contributed by atoms with van der Waals surface area (Å²) in [4.78, 5) is 34.4. The van der Waals surface area contributed by atoms with Gasteiger partial charge in [0.05, 0.1) is 5.56 Å². The molecule has 0 spiro atoms. The lowest BCUT2D eigenvalue weighted by Crippen LogP contribution is -2.45. The molecule has 0 radical (unpaired) electrons. The standard InChI is InChI=1S/C17H21NO5/c19-15(12-4-2-1-3-5-12)18-14(17(22)23)10-11-6-8-13(9-7-11)16(20)21/h6-9,12,14H,1-5,10H2,(H,18,19)(H,20,21)(H,22,23)/t14-/m0/s1. The number of carboxylic acids is 2. The minimum atomic E-state index is -1.09. The van der Waals surface area contributed by atoms with Crippen LogP contribution in [0.2, 0.25) is 0 Å². The molecule has 1 aliphatic carbocycles. The molecule has 0 bridgehead atoms. The van der Waals surface area contributed by atoms with E-state index in [2.05, 4.69) is 5.32 Å². The van der Waals surface area contributed by atoms with Crippen molar-refractivity contribution in [1.82, 2.24) is 5.32 Å². The molecular formula is C17H21NO5. The first-order chi connectivity index (χ1) is 11.0. The van der Waals surface area contributed by atoms with Crippen LogP contribution in [0.5, 0.6) is 0 Å². The highest BCUT2D eigenvalue weighted by atomic mass is 16.4. The van der Waals surface area contributed by atoms with Crippen molar-refractivity contribution >= 4 is 17.8 Å². The van der Waals surface area contributed by atoms with Crippen molar-refractivity contribution in [3.05, 3.63) is 35.4 Å². The van der Waals surface area contributed by atoms with Gasteiger partial charge in [-0.25, -0.2) is 9.59 Å². The number of hydrogen-bond acceptors (Lipinski definition) is 3. The molecule has 1 aromatic rings. The van der Waals surface area contributed by atoms with Crippen LogP contribution in [0.3, 0.4) is 0 Å². The minimum Gasteiger partial charge on any atom is -0.480 e. The molecule has 0 heterocycles. The summed E-state index contributed by atoms with van der Waals surface area (Å²) in [5, 5.41) is 20.8. The van der Waals surface area contributed by atoms with Gasteiger partial charge in [-0.05, 0) is 30.5 Å². The summed E-state index contributed by atoms with van der Waals surface area (Å²) in [7, 11) is 0. The maximum atomic E-state index is 12.2. The molecule has 1 atom stereocenters. The number of aromatic carboxylic acids is 1. The lowest BCUT2D eigenvalue weighted by Gasteiger charge is -2.23. The van der Waals surface area contributed by atoms with Crippen LogP contribution in [-0.4, -0.2) is 34.1 Å². The van der Waals surface area contributed by atoms with Gasteiger partial charge in [-0.2, -0.15) is 0 Å². The van der Waals surface area contributed by atoms with E-state index in [1.165, 1.54) is 12.1 Å². The molecule has 0 aromatic heterocycles. The Morgan fingerprint density at radius 1 is 1.04 bits per heavy atom. The first kappa shape index (κ1) is 17.0. The zero-order valence-electron chi connectivity index (χ0n) is 12.8. The van der Waals surface area contributed by atoms with Gasteiger partial charge >= 0.3 is 11.9 Å². The summed E-state index contributed by atoms with van der Waals surface area (Å²) in [6.07, 6.45) is 4.89. The van der Waals surface area contributed by atoms with Gasteiger partial charge in [0.2, 0.25) is 5.91 Å². The SMILES string of the molecule is O=C(O)c1ccc(C[C@H](NC(=O)C2CCCCC2)C(=O)O)cc1. The van der Waals surface area contributed by atoms with Crippen molar-refractivity contribution in [2.45, 2.75) is 44.6 Å². The number of benzene rings is 1. The van der Waals surface area contributed by atoms with Gasteiger partial charge in [0.15, 0.2) is 0 Å². The van der Waals surface area contributed by atoms with Gasteiger partial charge in [0.25, 0.3) is 0 Å². The Labute approximate surface area is 134 Å². The number of carbonyl (C=O) groups is 3. The topological polar surface area (TPSA) is 104 Å². The summed E-state index contributed by atoms with van der Waals surface area (Å²) in [6.45, 7) is 0. The van der Waals surface area contributed by atoms with E-state index in [0.717, 1.165) is 32.1 Å². The van der Waals surface area contributed by atoms with Crippen LogP contribution in [0.4, 0.5) is 0 Å². The molecule has 1 fully saturated rings. The van der Waals surface area contributed by atoms with Crippen LogP contribution in [-0.2, 0) is 16.0 Å². The molecule has 1 aliphatic rings. The first-order valence-corrected chi connectivity index (χ1v) is 7.83. The van der Waals surface area contributed by atoms with Gasteiger partial charge in [0.1, 0.15) is 6.04 Å². The summed E-state index contributed by atoms with van der Waals surface area (Å²) >= 11 is 0. The minimum absolute atomic E-state index is 0.0972. The average Bonchev–Trinajstić information content (AvgIpc) is 2.55. The molecule has 1 amide bonds. The second-order valence-corrected chi connectivity index (χ2v) is 5.94. The average molecular weight is 319 g/mol. The third-order valence-corrected chi connectivity index (χ3v) is 4.23. The van der Waals surface area contributed by atoms with Gasteiger partial charge < -0.3 is 15.5 Å². The van der Waals surface area contributed by atoms with Crippen molar-refractivity contribution in [3.63, 3.8) is 0 Å². The lowest BCUT2D eigenvalue weighted by molar-refractivity contribution is -0.142. The van der Waals surface area contributed by atoms with Crippen LogP contribution in [0.25, 0.3) is 0 Å². The zero-order chi connectivity index (χ0) is 16.8. The van der Waals surface area contributed by atoms with Crippen LogP contribution >= 0.6 is 0 Å². The number of nitrogens with one attached hydrogen (secondary N) is 1. The molecule has 1 aromatic carbocycles. The third kappa shape index (κ3) is 4.81. The molecule has 124 valence electrons. The molecule has 2 rings (SSSR count). The molecule has 3 N–H and O–H groups in total. The van der Waals surface area contributed by atoms with E-state index in [-0.39, 0.29) is 23.8 Å². The number of rotatable bonds is 6. The highest BCUT2D eigenvalue weighted by Gasteiger charge is 2.26. The normalized spacial score (nSPS) is 16.5. The van der Waals surface area contributed by atoms with E-state index in [0.29, 0.717) is 5.56 Å². The van der Waals surface area contributed by atoms with E-state index < -0.39 is 18.0 Å². The summed E-state index contributed by atoms with van der Waals surface area (Å²) < 4.78 is 0. The fourth-order valence-electron chi connectivity index (χ4n) is 2.87. The van der Waals surface area contributed by atoms with E-state index in [1.807, 2.05) is 0 Å². The quantitative estimate of drug-likeness (QED) is 0.745. The second-order valence-electron chi connectivity index (χ2n) is 5.94. The van der Waals surface area contributed by atoms with Gasteiger partial charge in [0, 0.05) is 12.3 Å². The fourth-order valence-corrected chi connectivity index (χ4v) is 2.87. The van der Waals surface area contributed by atoms with Crippen LogP contribution in [0.1, 0.15) is 48.0 Å². The van der Waals surface area contributed by atoms with Crippen molar-refractivity contribution in [2.24, 2.45) is 5.92 Å². The first-order valence-electron chi connectivity index (χ1n) is 7.83. The maximum Gasteiger partial charge on any atom is 0.335 e. The smallest absolute Gasteiger partial charge is 0.335 e. The summed E-state index contributed by atoms with van der Waals surface area (Å²) in [5.74, 6) is -2.41. The lowest BCUT2D eigenvalue weighted by atomic mass is 9.88. The monoisotopic (exact) mass is 319 g/mol. The van der Waals surface area contributed by atoms with E-state index in [1.54, 1.807) is 12.1 Å². The van der Waals surface area contributed by atoms with E-state index in [9.17, 15) is 19.5 Å². The van der Waals surface area contributed by atoms with E-state index >= 15 is 0 Å². The molecule has 0 saturated heterocycles.